The third kappa shape index (κ3) is 6.34. The van der Waals surface area contributed by atoms with Gasteiger partial charge in [-0.15, -0.1) is 0 Å². The molecule has 0 nitrogen and oxygen atoms in total. The average Bonchev–Trinajstić information content (AvgIpc) is 3.28. The molecule has 3 heterocycles. The topological polar surface area (TPSA) is 0 Å². The molecule has 0 aliphatic carbocycles. The molecule has 3 saturated heterocycles. The second kappa shape index (κ2) is 13.3. The molecule has 3 fully saturated rings. The smallest absolute Gasteiger partial charge is 0.0694 e. The zero-order chi connectivity index (χ0) is 35.0. The second-order valence-electron chi connectivity index (χ2n) is 21.5. The minimum Gasteiger partial charge on any atom is -0.0694 e. The number of benzene rings is 1. The summed E-state index contributed by atoms with van der Waals surface area (Å²) in [5.41, 5.74) is 5.28. The second-order valence-corrected chi connectivity index (χ2v) is 53.5. The molecule has 0 radical (unpaired) electrons. The predicted octanol–water partition coefficient (Wildman–Crippen LogP) is 12.8. The van der Waals surface area contributed by atoms with Crippen molar-refractivity contribution in [2.75, 3.05) is 0 Å². The first-order chi connectivity index (χ1) is 20.8. The van der Waals surface area contributed by atoms with Gasteiger partial charge in [0.15, 0.2) is 6.31 Å². The van der Waals surface area contributed by atoms with Crippen LogP contribution < -0.4 is 5.19 Å². The molecular weight excluding hydrogens is 648 g/mol. The van der Waals surface area contributed by atoms with E-state index in [0.29, 0.717) is 26.3 Å². The lowest BCUT2D eigenvalue weighted by Gasteiger charge is -2.60. The molecule has 3 aliphatic rings. The van der Waals surface area contributed by atoms with Gasteiger partial charge in [0.2, 0.25) is 0 Å². The molecule has 0 unspecified atom stereocenters. The molecule has 3 aliphatic heterocycles. The fraction of sp³-hybridized carbons (Fsp3) is 0.846. The monoisotopic (exact) mass is 724 g/mol. The minimum atomic E-state index is -1.56. The largest absolute Gasteiger partial charge is 0.159 e. The van der Waals surface area contributed by atoms with Crippen molar-refractivity contribution in [3.05, 3.63) is 28.8 Å². The van der Waals surface area contributed by atoms with E-state index in [1.165, 1.54) is 12.8 Å². The summed E-state index contributed by atoms with van der Waals surface area (Å²) >= 11 is 0. The van der Waals surface area contributed by atoms with Crippen LogP contribution >= 0.6 is 0 Å². The molecule has 1 aromatic rings. The van der Waals surface area contributed by atoms with E-state index in [-0.39, 0.29) is 0 Å². The predicted molar refractivity (Wildman–Crippen MR) is 229 cm³/mol. The molecule has 7 heteroatoms. The highest BCUT2D eigenvalue weighted by Gasteiger charge is 2.70. The van der Waals surface area contributed by atoms with Gasteiger partial charge in [0, 0.05) is 32.3 Å². The van der Waals surface area contributed by atoms with Crippen molar-refractivity contribution in [2.45, 2.75) is 209 Å². The molecular formula is C39H77BSi6. The molecule has 4 rings (SSSR count). The molecule has 260 valence electrons. The Morgan fingerprint density at radius 1 is 0.587 bits per heavy atom. The summed E-state index contributed by atoms with van der Waals surface area (Å²) in [6.45, 7) is 50.0. The fourth-order valence-electron chi connectivity index (χ4n) is 12.6. The summed E-state index contributed by atoms with van der Waals surface area (Å²) in [6, 6.07) is 5.60. The summed E-state index contributed by atoms with van der Waals surface area (Å²) in [4.78, 5) is 0. The van der Waals surface area contributed by atoms with E-state index in [1.54, 1.807) is 44.1 Å². The molecule has 2 bridgehead atoms. The van der Waals surface area contributed by atoms with Gasteiger partial charge in [-0.1, -0.05) is 195 Å². The van der Waals surface area contributed by atoms with Gasteiger partial charge in [0.05, 0.1) is 0 Å². The summed E-state index contributed by atoms with van der Waals surface area (Å²) in [6.07, 6.45) is 13.5. The van der Waals surface area contributed by atoms with E-state index in [2.05, 4.69) is 137 Å². The first-order valence-electron chi connectivity index (χ1n) is 19.8. The van der Waals surface area contributed by atoms with Gasteiger partial charge < -0.3 is 0 Å². The van der Waals surface area contributed by atoms with Crippen molar-refractivity contribution in [1.82, 2.24) is 0 Å². The maximum absolute atomic E-state index is 2.90. The quantitative estimate of drug-likeness (QED) is 0.222. The summed E-state index contributed by atoms with van der Waals surface area (Å²) in [7, 11) is -7.83. The zero-order valence-corrected chi connectivity index (χ0v) is 40.3. The van der Waals surface area contributed by atoms with Gasteiger partial charge in [-0.05, 0) is 63.9 Å². The van der Waals surface area contributed by atoms with Crippen LogP contribution in [0.25, 0.3) is 0 Å². The van der Waals surface area contributed by atoms with E-state index in [9.17, 15) is 0 Å². The molecule has 46 heavy (non-hydrogen) atoms. The van der Waals surface area contributed by atoms with Crippen LogP contribution in [0.1, 0.15) is 127 Å². The highest BCUT2D eigenvalue weighted by molar-refractivity contribution is 7.45. The average molecular weight is 725 g/mol. The molecule has 0 amide bonds. The van der Waals surface area contributed by atoms with Gasteiger partial charge in [-0.2, -0.15) is 0 Å². The van der Waals surface area contributed by atoms with Gasteiger partial charge in [0.25, 0.3) is 0 Å². The van der Waals surface area contributed by atoms with Crippen LogP contribution in [0.4, 0.5) is 0 Å². The Balaban J connectivity index is 2.45. The van der Waals surface area contributed by atoms with Crippen molar-refractivity contribution in [3.63, 3.8) is 0 Å². The summed E-state index contributed by atoms with van der Waals surface area (Å²) < 4.78 is 1.40. The lowest BCUT2D eigenvalue weighted by Crippen LogP contribution is -2.71. The van der Waals surface area contributed by atoms with Crippen molar-refractivity contribution >= 4 is 59.4 Å². The van der Waals surface area contributed by atoms with Crippen LogP contribution in [0, 0.1) is 0 Å². The molecule has 0 N–H and O–H groups in total. The van der Waals surface area contributed by atoms with Crippen LogP contribution in [0.3, 0.4) is 0 Å². The summed E-state index contributed by atoms with van der Waals surface area (Å²) in [5.74, 6) is 3.83. The lowest BCUT2D eigenvalue weighted by molar-refractivity contribution is 0.450. The SMILES string of the molecule is CC(C)c1cc(C(C)C)c([Si](B2C3CCCC2CCC3)=[Si]2C([Si](C)(C)C)([Si](C)(C)C)CCC2([Si](C)(C)C)[Si](C)(C)C)c(C(C)C)c1. The highest BCUT2D eigenvalue weighted by atomic mass is 28.9. The Kier molecular flexibility index (Phi) is 11.4. The van der Waals surface area contributed by atoms with Gasteiger partial charge in [0.1, 0.15) is 0 Å². The van der Waals surface area contributed by atoms with Crippen LogP contribution in [-0.2, 0) is 0 Å². The van der Waals surface area contributed by atoms with Crippen LogP contribution in [0.2, 0.25) is 98.8 Å². The minimum absolute atomic E-state index is 0.598. The Hall–Kier alpha value is 0.586. The Labute approximate surface area is 296 Å². The van der Waals surface area contributed by atoms with E-state index in [0.717, 1.165) is 17.9 Å². The highest BCUT2D eigenvalue weighted by Crippen LogP contribution is 2.69. The third-order valence-corrected chi connectivity index (χ3v) is 60.8. The van der Waals surface area contributed by atoms with Gasteiger partial charge >= 0.3 is 0 Å². The number of hydrogen-bond acceptors (Lipinski definition) is 0. The van der Waals surface area contributed by atoms with Gasteiger partial charge in [-0.3, -0.25) is 0 Å². The Morgan fingerprint density at radius 3 is 1.17 bits per heavy atom. The number of hydrogen-bond donors (Lipinski definition) is 0. The number of rotatable bonds is 9. The maximum Gasteiger partial charge on any atom is 0.159 e. The van der Waals surface area contributed by atoms with Crippen molar-refractivity contribution in [2.24, 2.45) is 0 Å². The number of fused-ring (bicyclic) bond motifs is 2. The van der Waals surface area contributed by atoms with Crippen molar-refractivity contribution < 1.29 is 0 Å². The normalized spacial score (nSPS) is 24.0. The van der Waals surface area contributed by atoms with Crippen molar-refractivity contribution in [3.8, 4) is 0 Å². The first kappa shape index (κ1) is 39.4. The molecule has 0 saturated carbocycles. The lowest BCUT2D eigenvalue weighted by atomic mass is 9.42. The molecule has 1 aromatic carbocycles. The molecule has 0 atom stereocenters. The Bertz CT molecular complexity index is 1180. The van der Waals surface area contributed by atoms with Crippen LogP contribution in [0.5, 0.6) is 0 Å². The molecule has 0 aromatic heterocycles. The standard InChI is InChI=1S/C39H77BSi6/c1-29(2)32-27-35(30(3)4)37(36(28-32)31(5)6)41(40-33-21-19-22-34(40)24-20-23-33)42-38(43(7,8)9,44(10,11)12)25-26-39(42,45(13,14)15)46(16,17)18/h27-31,33-34H,19-26H2,1-18H3. The first-order valence-corrected chi connectivity index (χ1v) is 37.9. The third-order valence-electron chi connectivity index (χ3n) is 14.2. The van der Waals surface area contributed by atoms with E-state index in [4.69, 9.17) is 0 Å². The zero-order valence-electron chi connectivity index (χ0n) is 34.3. The van der Waals surface area contributed by atoms with Crippen molar-refractivity contribution in [1.29, 1.82) is 0 Å². The molecule has 0 spiro atoms. The summed E-state index contributed by atoms with van der Waals surface area (Å²) in [5, 5.41) is 2.07. The maximum atomic E-state index is 2.90. The van der Waals surface area contributed by atoms with Crippen LogP contribution in [-0.4, -0.2) is 54.3 Å². The van der Waals surface area contributed by atoms with E-state index in [1.807, 2.05) is 11.1 Å². The van der Waals surface area contributed by atoms with E-state index >= 15 is 0 Å². The Morgan fingerprint density at radius 2 is 0.913 bits per heavy atom. The van der Waals surface area contributed by atoms with Crippen LogP contribution in [0.15, 0.2) is 12.1 Å². The van der Waals surface area contributed by atoms with Gasteiger partial charge in [-0.25, -0.2) is 0 Å². The fourth-order valence-corrected chi connectivity index (χ4v) is 82.3. The van der Waals surface area contributed by atoms with E-state index < -0.39 is 47.9 Å².